The van der Waals surface area contributed by atoms with E-state index in [2.05, 4.69) is 27.2 Å². The Bertz CT molecular complexity index is 667. The monoisotopic (exact) mass is 270 g/mol. The SMILES string of the molecule is Cn1cc(NC(=O)c2ncccc2C#CCCO)cn1. The first kappa shape index (κ1) is 13.8. The van der Waals surface area contributed by atoms with E-state index >= 15 is 0 Å². The summed E-state index contributed by atoms with van der Waals surface area (Å²) in [4.78, 5) is 16.2. The lowest BCUT2D eigenvalue weighted by atomic mass is 10.2. The second kappa shape index (κ2) is 6.50. The number of hydrogen-bond acceptors (Lipinski definition) is 4. The summed E-state index contributed by atoms with van der Waals surface area (Å²) in [5.41, 5.74) is 1.38. The van der Waals surface area contributed by atoms with Crippen LogP contribution in [0.15, 0.2) is 30.7 Å². The summed E-state index contributed by atoms with van der Waals surface area (Å²) in [7, 11) is 1.77. The first-order chi connectivity index (χ1) is 9.70. The van der Waals surface area contributed by atoms with Crippen molar-refractivity contribution >= 4 is 11.6 Å². The van der Waals surface area contributed by atoms with E-state index in [4.69, 9.17) is 5.11 Å². The molecule has 0 saturated carbocycles. The molecule has 0 aliphatic carbocycles. The summed E-state index contributed by atoms with van der Waals surface area (Å²) in [6.07, 6.45) is 5.14. The molecule has 0 aliphatic rings. The van der Waals surface area contributed by atoms with E-state index in [9.17, 15) is 4.79 Å². The average Bonchev–Trinajstić information content (AvgIpc) is 2.85. The summed E-state index contributed by atoms with van der Waals surface area (Å²) in [6.45, 7) is -0.00945. The van der Waals surface area contributed by atoms with E-state index < -0.39 is 0 Å². The van der Waals surface area contributed by atoms with Crippen LogP contribution in [0.25, 0.3) is 0 Å². The number of rotatable bonds is 3. The molecule has 0 fully saturated rings. The number of nitrogens with one attached hydrogen (secondary N) is 1. The molecule has 6 heteroatoms. The van der Waals surface area contributed by atoms with E-state index in [0.29, 0.717) is 17.7 Å². The maximum Gasteiger partial charge on any atom is 0.275 e. The molecule has 2 rings (SSSR count). The molecule has 0 radical (unpaired) electrons. The van der Waals surface area contributed by atoms with Crippen molar-refractivity contribution in [2.75, 3.05) is 11.9 Å². The Hall–Kier alpha value is -2.65. The van der Waals surface area contributed by atoms with Crippen molar-refractivity contribution in [1.82, 2.24) is 14.8 Å². The lowest BCUT2D eigenvalue weighted by Crippen LogP contribution is -2.15. The van der Waals surface area contributed by atoms with E-state index in [1.165, 1.54) is 6.20 Å². The smallest absolute Gasteiger partial charge is 0.275 e. The Kier molecular flexibility index (Phi) is 4.47. The predicted octanol–water partition coefficient (Wildman–Crippen LogP) is 0.801. The van der Waals surface area contributed by atoms with Crippen LogP contribution in [0, 0.1) is 11.8 Å². The van der Waals surface area contributed by atoms with Gasteiger partial charge in [0.15, 0.2) is 0 Å². The molecule has 0 unspecified atom stereocenters. The molecule has 1 amide bonds. The van der Waals surface area contributed by atoms with Gasteiger partial charge in [-0.05, 0) is 12.1 Å². The molecular weight excluding hydrogens is 256 g/mol. The summed E-state index contributed by atoms with van der Waals surface area (Å²) >= 11 is 0. The molecule has 0 aromatic carbocycles. The Morgan fingerprint density at radius 3 is 3.10 bits per heavy atom. The van der Waals surface area contributed by atoms with Gasteiger partial charge in [-0.15, -0.1) is 0 Å². The summed E-state index contributed by atoms with van der Waals surface area (Å²) in [5, 5.41) is 15.4. The van der Waals surface area contributed by atoms with Gasteiger partial charge in [0.05, 0.1) is 24.1 Å². The van der Waals surface area contributed by atoms with Gasteiger partial charge in [-0.3, -0.25) is 9.48 Å². The van der Waals surface area contributed by atoms with E-state index in [-0.39, 0.29) is 18.2 Å². The lowest BCUT2D eigenvalue weighted by molar-refractivity contribution is 0.102. The number of aryl methyl sites for hydroxylation is 1. The van der Waals surface area contributed by atoms with Crippen molar-refractivity contribution in [3.05, 3.63) is 42.0 Å². The zero-order valence-corrected chi connectivity index (χ0v) is 11.0. The van der Waals surface area contributed by atoms with Crippen LogP contribution in [0.4, 0.5) is 5.69 Å². The number of aromatic nitrogens is 3. The van der Waals surface area contributed by atoms with Crippen molar-refractivity contribution < 1.29 is 9.90 Å². The van der Waals surface area contributed by atoms with Crippen LogP contribution in [0.2, 0.25) is 0 Å². The number of aliphatic hydroxyl groups is 1. The minimum Gasteiger partial charge on any atom is -0.395 e. The fourth-order valence-electron chi connectivity index (χ4n) is 1.58. The first-order valence-corrected chi connectivity index (χ1v) is 6.05. The van der Waals surface area contributed by atoms with Gasteiger partial charge in [-0.1, -0.05) is 11.8 Å². The number of carbonyl (C=O) groups is 1. The molecule has 0 bridgehead atoms. The zero-order valence-electron chi connectivity index (χ0n) is 11.0. The maximum absolute atomic E-state index is 12.1. The summed E-state index contributed by atoms with van der Waals surface area (Å²) in [6, 6.07) is 3.43. The highest BCUT2D eigenvalue weighted by Gasteiger charge is 2.12. The van der Waals surface area contributed by atoms with E-state index in [1.54, 1.807) is 36.3 Å². The van der Waals surface area contributed by atoms with Gasteiger partial charge in [0.25, 0.3) is 5.91 Å². The normalized spacial score (nSPS) is 9.70. The number of carbonyl (C=O) groups excluding carboxylic acids is 1. The molecule has 6 nitrogen and oxygen atoms in total. The number of hydrogen-bond donors (Lipinski definition) is 2. The summed E-state index contributed by atoms with van der Waals surface area (Å²) in [5.74, 6) is 5.27. The van der Waals surface area contributed by atoms with Crippen molar-refractivity contribution in [3.8, 4) is 11.8 Å². The van der Waals surface area contributed by atoms with Crippen molar-refractivity contribution in [3.63, 3.8) is 0 Å². The van der Waals surface area contributed by atoms with Crippen LogP contribution in [0.5, 0.6) is 0 Å². The number of anilines is 1. The van der Waals surface area contributed by atoms with E-state index in [0.717, 1.165) is 0 Å². The van der Waals surface area contributed by atoms with Gasteiger partial charge in [0, 0.05) is 25.9 Å². The fraction of sp³-hybridized carbons (Fsp3) is 0.214. The maximum atomic E-state index is 12.1. The van der Waals surface area contributed by atoms with Crippen molar-refractivity contribution in [2.24, 2.45) is 7.05 Å². The molecular formula is C14H14N4O2. The Morgan fingerprint density at radius 1 is 1.55 bits per heavy atom. The molecule has 0 saturated heterocycles. The first-order valence-electron chi connectivity index (χ1n) is 6.05. The highest BCUT2D eigenvalue weighted by molar-refractivity contribution is 6.04. The second-order valence-corrected chi connectivity index (χ2v) is 4.03. The largest absolute Gasteiger partial charge is 0.395 e. The van der Waals surface area contributed by atoms with Gasteiger partial charge in [0.2, 0.25) is 0 Å². The standard InChI is InChI=1S/C14H14N4O2/c1-18-10-12(9-16-18)17-14(20)13-11(5-2-3-8-19)6-4-7-15-13/h4,6-7,9-10,19H,3,8H2,1H3,(H,17,20). The predicted molar refractivity (Wildman–Crippen MR) is 74.0 cm³/mol. The highest BCUT2D eigenvalue weighted by atomic mass is 16.2. The van der Waals surface area contributed by atoms with Gasteiger partial charge >= 0.3 is 0 Å². The molecule has 2 heterocycles. The Balaban J connectivity index is 2.19. The molecule has 0 aliphatic heterocycles. The topological polar surface area (TPSA) is 80.0 Å². The molecule has 0 atom stereocenters. The van der Waals surface area contributed by atoms with Crippen molar-refractivity contribution in [1.29, 1.82) is 0 Å². The van der Waals surface area contributed by atoms with Gasteiger partial charge in [-0.25, -0.2) is 4.98 Å². The Morgan fingerprint density at radius 2 is 2.40 bits per heavy atom. The number of amides is 1. The van der Waals surface area contributed by atoms with Crippen LogP contribution >= 0.6 is 0 Å². The van der Waals surface area contributed by atoms with Crippen molar-refractivity contribution in [2.45, 2.75) is 6.42 Å². The van der Waals surface area contributed by atoms with Gasteiger partial charge < -0.3 is 10.4 Å². The zero-order chi connectivity index (χ0) is 14.4. The van der Waals surface area contributed by atoms with Crippen LogP contribution in [0.1, 0.15) is 22.5 Å². The molecule has 0 spiro atoms. The minimum atomic E-state index is -0.341. The van der Waals surface area contributed by atoms with Gasteiger partial charge in [0.1, 0.15) is 5.69 Å². The number of pyridine rings is 1. The summed E-state index contributed by atoms with van der Waals surface area (Å²) < 4.78 is 1.59. The number of aliphatic hydroxyl groups excluding tert-OH is 1. The quantitative estimate of drug-likeness (QED) is 0.808. The molecule has 2 aromatic heterocycles. The molecule has 2 aromatic rings. The van der Waals surface area contributed by atoms with Gasteiger partial charge in [-0.2, -0.15) is 5.10 Å². The average molecular weight is 270 g/mol. The van der Waals surface area contributed by atoms with Crippen LogP contribution in [0.3, 0.4) is 0 Å². The van der Waals surface area contributed by atoms with Crippen LogP contribution in [-0.4, -0.2) is 32.4 Å². The highest BCUT2D eigenvalue weighted by Crippen LogP contribution is 2.09. The number of nitrogens with zero attached hydrogens (tertiary/aromatic N) is 3. The second-order valence-electron chi connectivity index (χ2n) is 4.03. The third-order valence-corrected chi connectivity index (χ3v) is 2.45. The van der Waals surface area contributed by atoms with E-state index in [1.807, 2.05) is 0 Å². The molecule has 2 N–H and O–H groups in total. The van der Waals surface area contributed by atoms with Crippen LogP contribution < -0.4 is 5.32 Å². The third-order valence-electron chi connectivity index (χ3n) is 2.45. The third kappa shape index (κ3) is 3.43. The minimum absolute atomic E-state index is 0.00945. The Labute approximate surface area is 116 Å². The fourth-order valence-corrected chi connectivity index (χ4v) is 1.58. The molecule has 20 heavy (non-hydrogen) atoms. The lowest BCUT2D eigenvalue weighted by Gasteiger charge is -2.03. The van der Waals surface area contributed by atoms with Crippen LogP contribution in [-0.2, 0) is 7.05 Å². The molecule has 102 valence electrons.